The smallest absolute Gasteiger partial charge is 0.313 e. The molecule has 1 aliphatic rings. The van der Waals surface area contributed by atoms with Crippen LogP contribution in [0.1, 0.15) is 5.56 Å². The summed E-state index contributed by atoms with van der Waals surface area (Å²) in [6.07, 6.45) is 0.701. The zero-order valence-electron chi connectivity index (χ0n) is 12.3. The van der Waals surface area contributed by atoms with Crippen LogP contribution in [0.4, 0.5) is 5.69 Å². The fraction of sp³-hybridized carbons (Fsp3) is 0.250. The molecule has 23 heavy (non-hydrogen) atoms. The molecule has 2 heterocycles. The van der Waals surface area contributed by atoms with E-state index in [1.54, 1.807) is 29.5 Å². The lowest BCUT2D eigenvalue weighted by molar-refractivity contribution is -0.136. The molecule has 3 rings (SSSR count). The number of hydrogen-bond acceptors (Lipinski definition) is 5. The molecule has 120 valence electrons. The Morgan fingerprint density at radius 2 is 1.91 bits per heavy atom. The standard InChI is InChI=1S/C16H16N2O4S/c19-15(17-5-3-11-4-8-23-10-11)16(20)18-12-1-2-13-14(9-12)22-7-6-21-13/h1-2,4,8-10H,3,5-7H2,(H,17,19)(H,18,20). The number of carbonyl (C=O) groups excluding carboxylic acids is 2. The summed E-state index contributed by atoms with van der Waals surface area (Å²) in [6, 6.07) is 7.01. The molecule has 6 nitrogen and oxygen atoms in total. The van der Waals surface area contributed by atoms with Crippen molar-refractivity contribution in [1.29, 1.82) is 0 Å². The third kappa shape index (κ3) is 4.01. The second-order valence-electron chi connectivity index (χ2n) is 4.95. The maximum atomic E-state index is 11.9. The summed E-state index contributed by atoms with van der Waals surface area (Å²) in [7, 11) is 0. The zero-order valence-corrected chi connectivity index (χ0v) is 13.2. The van der Waals surface area contributed by atoms with E-state index in [1.807, 2.05) is 16.8 Å². The first-order valence-electron chi connectivity index (χ1n) is 7.22. The highest BCUT2D eigenvalue weighted by Gasteiger charge is 2.16. The van der Waals surface area contributed by atoms with Crippen LogP contribution in [0.15, 0.2) is 35.0 Å². The molecule has 0 saturated heterocycles. The lowest BCUT2D eigenvalue weighted by Gasteiger charge is -2.18. The van der Waals surface area contributed by atoms with E-state index in [0.29, 0.717) is 43.4 Å². The predicted molar refractivity (Wildman–Crippen MR) is 87.1 cm³/mol. The minimum Gasteiger partial charge on any atom is -0.486 e. The minimum absolute atomic E-state index is 0.421. The molecule has 0 radical (unpaired) electrons. The normalized spacial score (nSPS) is 12.5. The molecule has 0 bridgehead atoms. The Morgan fingerprint density at radius 3 is 2.70 bits per heavy atom. The maximum absolute atomic E-state index is 11.9. The van der Waals surface area contributed by atoms with Crippen molar-refractivity contribution in [3.8, 4) is 11.5 Å². The van der Waals surface area contributed by atoms with Gasteiger partial charge in [0.2, 0.25) is 0 Å². The lowest BCUT2D eigenvalue weighted by Crippen LogP contribution is -2.36. The number of amides is 2. The molecule has 0 fully saturated rings. The highest BCUT2D eigenvalue weighted by Crippen LogP contribution is 2.32. The van der Waals surface area contributed by atoms with Crippen LogP contribution < -0.4 is 20.1 Å². The quantitative estimate of drug-likeness (QED) is 0.837. The van der Waals surface area contributed by atoms with Gasteiger partial charge < -0.3 is 20.1 Å². The number of anilines is 1. The number of benzene rings is 1. The Morgan fingerprint density at radius 1 is 1.09 bits per heavy atom. The van der Waals surface area contributed by atoms with Gasteiger partial charge in [0.1, 0.15) is 13.2 Å². The molecule has 0 spiro atoms. The largest absolute Gasteiger partial charge is 0.486 e. The van der Waals surface area contributed by atoms with Crippen LogP contribution in [0.2, 0.25) is 0 Å². The Hall–Kier alpha value is -2.54. The van der Waals surface area contributed by atoms with Crippen molar-refractivity contribution in [3.05, 3.63) is 40.6 Å². The van der Waals surface area contributed by atoms with Gasteiger partial charge in [-0.05, 0) is 40.9 Å². The van der Waals surface area contributed by atoms with E-state index in [1.165, 1.54) is 0 Å². The first kappa shape index (κ1) is 15.4. The molecule has 0 unspecified atom stereocenters. The monoisotopic (exact) mass is 332 g/mol. The van der Waals surface area contributed by atoms with Crippen LogP contribution in [0.3, 0.4) is 0 Å². The van der Waals surface area contributed by atoms with Crippen molar-refractivity contribution >= 4 is 28.8 Å². The lowest BCUT2D eigenvalue weighted by atomic mass is 10.2. The average Bonchev–Trinajstić information content (AvgIpc) is 3.08. The van der Waals surface area contributed by atoms with E-state index in [0.717, 1.165) is 5.56 Å². The van der Waals surface area contributed by atoms with Crippen molar-refractivity contribution in [2.75, 3.05) is 25.1 Å². The van der Waals surface area contributed by atoms with Gasteiger partial charge in [-0.3, -0.25) is 9.59 Å². The van der Waals surface area contributed by atoms with Gasteiger partial charge in [0, 0.05) is 18.3 Å². The third-order valence-corrected chi connectivity index (χ3v) is 4.02. The van der Waals surface area contributed by atoms with E-state index in [4.69, 9.17) is 9.47 Å². The second kappa shape index (κ2) is 7.15. The fourth-order valence-electron chi connectivity index (χ4n) is 2.14. The summed E-state index contributed by atoms with van der Waals surface area (Å²) in [5.41, 5.74) is 1.63. The van der Waals surface area contributed by atoms with E-state index in [-0.39, 0.29) is 0 Å². The topological polar surface area (TPSA) is 76.7 Å². The van der Waals surface area contributed by atoms with Gasteiger partial charge >= 0.3 is 11.8 Å². The molecular formula is C16H16N2O4S. The van der Waals surface area contributed by atoms with Crippen LogP contribution in [0.5, 0.6) is 11.5 Å². The first-order valence-corrected chi connectivity index (χ1v) is 8.16. The number of nitrogens with one attached hydrogen (secondary N) is 2. The molecule has 2 amide bonds. The summed E-state index contributed by atoms with van der Waals surface area (Å²) >= 11 is 1.60. The highest BCUT2D eigenvalue weighted by molar-refractivity contribution is 7.07. The summed E-state index contributed by atoms with van der Waals surface area (Å²) in [5.74, 6) is -0.163. The van der Waals surface area contributed by atoms with Crippen LogP contribution in [0, 0.1) is 0 Å². The van der Waals surface area contributed by atoms with Gasteiger partial charge in [-0.25, -0.2) is 0 Å². The van der Waals surface area contributed by atoms with Crippen LogP contribution in [0.25, 0.3) is 0 Å². The number of hydrogen-bond donors (Lipinski definition) is 2. The maximum Gasteiger partial charge on any atom is 0.313 e. The van der Waals surface area contributed by atoms with E-state index >= 15 is 0 Å². The second-order valence-corrected chi connectivity index (χ2v) is 5.73. The molecule has 1 aliphatic heterocycles. The van der Waals surface area contributed by atoms with E-state index in [9.17, 15) is 9.59 Å². The van der Waals surface area contributed by atoms with Gasteiger partial charge in [-0.2, -0.15) is 11.3 Å². The van der Waals surface area contributed by atoms with Crippen molar-refractivity contribution in [3.63, 3.8) is 0 Å². The number of ether oxygens (including phenoxy) is 2. The number of fused-ring (bicyclic) bond motifs is 1. The Kier molecular flexibility index (Phi) is 4.77. The van der Waals surface area contributed by atoms with Gasteiger partial charge in [-0.1, -0.05) is 0 Å². The molecular weight excluding hydrogens is 316 g/mol. The molecule has 7 heteroatoms. The van der Waals surface area contributed by atoms with Crippen LogP contribution in [-0.4, -0.2) is 31.6 Å². The first-order chi connectivity index (χ1) is 11.2. The van der Waals surface area contributed by atoms with Crippen molar-refractivity contribution in [1.82, 2.24) is 5.32 Å². The average molecular weight is 332 g/mol. The zero-order chi connectivity index (χ0) is 16.1. The van der Waals surface area contributed by atoms with E-state index in [2.05, 4.69) is 10.6 Å². The van der Waals surface area contributed by atoms with Crippen LogP contribution in [-0.2, 0) is 16.0 Å². The van der Waals surface area contributed by atoms with E-state index < -0.39 is 11.8 Å². The summed E-state index contributed by atoms with van der Waals surface area (Å²) in [4.78, 5) is 23.7. The predicted octanol–water partition coefficient (Wildman–Crippen LogP) is 1.82. The SMILES string of the molecule is O=C(NCCc1ccsc1)C(=O)Nc1ccc2c(c1)OCCO2. The number of thiophene rings is 1. The summed E-state index contributed by atoms with van der Waals surface area (Å²) in [6.45, 7) is 1.39. The molecule has 2 aromatic rings. The molecule has 0 aliphatic carbocycles. The highest BCUT2D eigenvalue weighted by atomic mass is 32.1. The van der Waals surface area contributed by atoms with Gasteiger partial charge in [0.05, 0.1) is 0 Å². The minimum atomic E-state index is -0.702. The number of carbonyl (C=O) groups is 2. The Balaban J connectivity index is 1.50. The van der Waals surface area contributed by atoms with Crippen molar-refractivity contribution in [2.24, 2.45) is 0 Å². The Bertz CT molecular complexity index is 700. The number of rotatable bonds is 4. The van der Waals surface area contributed by atoms with Crippen LogP contribution >= 0.6 is 11.3 Å². The summed E-state index contributed by atoms with van der Waals surface area (Å²) in [5, 5.41) is 9.15. The van der Waals surface area contributed by atoms with Gasteiger partial charge in [-0.15, -0.1) is 0 Å². The molecule has 0 saturated carbocycles. The molecule has 1 aromatic heterocycles. The molecule has 0 atom stereocenters. The molecule has 1 aromatic carbocycles. The van der Waals surface area contributed by atoms with Gasteiger partial charge in [0.25, 0.3) is 0 Å². The summed E-state index contributed by atoms with van der Waals surface area (Å²) < 4.78 is 10.8. The third-order valence-electron chi connectivity index (χ3n) is 3.29. The fourth-order valence-corrected chi connectivity index (χ4v) is 2.85. The van der Waals surface area contributed by atoms with Crippen molar-refractivity contribution < 1.29 is 19.1 Å². The molecule has 2 N–H and O–H groups in total. The van der Waals surface area contributed by atoms with Gasteiger partial charge in [0.15, 0.2) is 11.5 Å². The van der Waals surface area contributed by atoms with Crippen molar-refractivity contribution in [2.45, 2.75) is 6.42 Å². The Labute approximate surface area is 137 Å².